The zero-order valence-electron chi connectivity index (χ0n) is 16.9. The molecule has 5 nitrogen and oxygen atoms in total. The number of benzene rings is 1. The zero-order chi connectivity index (χ0) is 20.1. The third-order valence-corrected chi connectivity index (χ3v) is 6.62. The molecule has 1 aromatic carbocycles. The fourth-order valence-corrected chi connectivity index (χ4v) is 4.91. The topological polar surface area (TPSA) is 74.4 Å². The summed E-state index contributed by atoms with van der Waals surface area (Å²) in [7, 11) is 0. The molecule has 2 aromatic heterocycles. The number of nitrogens with one attached hydrogen (secondary N) is 2. The summed E-state index contributed by atoms with van der Waals surface area (Å²) in [6.45, 7) is 2.04. The van der Waals surface area contributed by atoms with Gasteiger partial charge in [0.2, 0.25) is 0 Å². The summed E-state index contributed by atoms with van der Waals surface area (Å²) < 4.78 is 0. The highest BCUT2D eigenvalue weighted by Gasteiger charge is 2.18. The van der Waals surface area contributed by atoms with Crippen LogP contribution in [-0.4, -0.2) is 20.2 Å². The first kappa shape index (κ1) is 20.0. The smallest absolute Gasteiger partial charge is 0.254 e. The number of hydrogen-bond acceptors (Lipinski definition) is 4. The van der Waals surface area contributed by atoms with Gasteiger partial charge >= 0.3 is 0 Å². The first-order valence-corrected chi connectivity index (χ1v) is 11.6. The number of thioether (sulfide) groups is 1. The fourth-order valence-electron chi connectivity index (χ4n) is 4.13. The van der Waals surface area contributed by atoms with Crippen molar-refractivity contribution in [3.63, 3.8) is 0 Å². The summed E-state index contributed by atoms with van der Waals surface area (Å²) >= 11 is 1.54. The SMILES string of the molecule is CCc1c(CC2CCCCC2)nc(SCc2cc(-c3ccccc3)[nH]n2)[nH]c1=O. The molecular formula is C23H28N4OS. The highest BCUT2D eigenvalue weighted by molar-refractivity contribution is 7.98. The number of H-pyrrole nitrogens is 2. The Labute approximate surface area is 175 Å². The Morgan fingerprint density at radius 2 is 1.93 bits per heavy atom. The van der Waals surface area contributed by atoms with E-state index in [2.05, 4.69) is 33.4 Å². The first-order chi connectivity index (χ1) is 14.2. The largest absolute Gasteiger partial charge is 0.301 e. The number of hydrogen-bond donors (Lipinski definition) is 2. The monoisotopic (exact) mass is 408 g/mol. The van der Waals surface area contributed by atoms with Gasteiger partial charge in [-0.15, -0.1) is 0 Å². The van der Waals surface area contributed by atoms with Crippen molar-refractivity contribution < 1.29 is 0 Å². The molecule has 2 N–H and O–H groups in total. The van der Waals surface area contributed by atoms with Crippen molar-refractivity contribution in [1.82, 2.24) is 20.2 Å². The molecule has 0 aliphatic heterocycles. The van der Waals surface area contributed by atoms with Crippen LogP contribution >= 0.6 is 11.8 Å². The summed E-state index contributed by atoms with van der Waals surface area (Å²) in [5.74, 6) is 1.33. The van der Waals surface area contributed by atoms with E-state index in [-0.39, 0.29) is 5.56 Å². The predicted octanol–water partition coefficient (Wildman–Crippen LogP) is 5.14. The zero-order valence-corrected chi connectivity index (χ0v) is 17.7. The molecule has 1 aliphatic carbocycles. The summed E-state index contributed by atoms with van der Waals surface area (Å²) in [6.07, 6.45) is 8.14. The third-order valence-electron chi connectivity index (χ3n) is 5.71. The van der Waals surface area contributed by atoms with Gasteiger partial charge in [-0.1, -0.05) is 81.1 Å². The second kappa shape index (κ2) is 9.44. The minimum Gasteiger partial charge on any atom is -0.301 e. The Morgan fingerprint density at radius 1 is 1.14 bits per heavy atom. The number of aromatic nitrogens is 4. The van der Waals surface area contributed by atoms with Crippen LogP contribution < -0.4 is 5.56 Å². The van der Waals surface area contributed by atoms with Gasteiger partial charge in [-0.3, -0.25) is 9.89 Å². The molecule has 4 rings (SSSR count). The van der Waals surface area contributed by atoms with E-state index < -0.39 is 0 Å². The van der Waals surface area contributed by atoms with Crippen LogP contribution in [-0.2, 0) is 18.6 Å². The summed E-state index contributed by atoms with van der Waals surface area (Å²) in [5, 5.41) is 8.21. The van der Waals surface area contributed by atoms with Gasteiger partial charge in [-0.25, -0.2) is 4.98 Å². The Balaban J connectivity index is 1.47. The summed E-state index contributed by atoms with van der Waals surface area (Å²) in [6, 6.07) is 12.2. The molecule has 29 heavy (non-hydrogen) atoms. The van der Waals surface area contributed by atoms with Gasteiger partial charge in [0.25, 0.3) is 5.56 Å². The molecule has 6 heteroatoms. The van der Waals surface area contributed by atoms with Gasteiger partial charge < -0.3 is 4.98 Å². The van der Waals surface area contributed by atoms with Gasteiger partial charge in [0.05, 0.1) is 17.1 Å². The lowest BCUT2D eigenvalue weighted by Crippen LogP contribution is -2.21. The van der Waals surface area contributed by atoms with Crippen LogP contribution in [0.2, 0.25) is 0 Å². The average molecular weight is 409 g/mol. The molecule has 152 valence electrons. The van der Waals surface area contributed by atoms with Gasteiger partial charge in [0.1, 0.15) is 0 Å². The Bertz CT molecular complexity index is 990. The van der Waals surface area contributed by atoms with E-state index in [9.17, 15) is 4.79 Å². The maximum absolute atomic E-state index is 12.6. The van der Waals surface area contributed by atoms with Crippen LogP contribution in [0.25, 0.3) is 11.3 Å². The van der Waals surface area contributed by atoms with Gasteiger partial charge in [-0.2, -0.15) is 5.10 Å². The van der Waals surface area contributed by atoms with Crippen molar-refractivity contribution in [2.45, 2.75) is 62.8 Å². The van der Waals surface area contributed by atoms with Gasteiger partial charge in [0.15, 0.2) is 5.16 Å². The van der Waals surface area contributed by atoms with E-state index in [0.717, 1.165) is 41.1 Å². The van der Waals surface area contributed by atoms with E-state index >= 15 is 0 Å². The second-order valence-electron chi connectivity index (χ2n) is 7.79. The Hall–Kier alpha value is -2.34. The highest BCUT2D eigenvalue weighted by atomic mass is 32.2. The molecule has 0 amide bonds. The quantitative estimate of drug-likeness (QED) is 0.419. The molecule has 1 saturated carbocycles. The normalized spacial score (nSPS) is 14.9. The maximum Gasteiger partial charge on any atom is 0.254 e. The Morgan fingerprint density at radius 3 is 2.69 bits per heavy atom. The summed E-state index contributed by atoms with van der Waals surface area (Å²) in [4.78, 5) is 20.4. The van der Waals surface area contributed by atoms with Crippen molar-refractivity contribution >= 4 is 11.8 Å². The van der Waals surface area contributed by atoms with Crippen molar-refractivity contribution in [1.29, 1.82) is 0 Å². The van der Waals surface area contributed by atoms with E-state index in [1.54, 1.807) is 11.8 Å². The fraction of sp³-hybridized carbons (Fsp3) is 0.435. The van der Waals surface area contributed by atoms with Crippen molar-refractivity contribution in [3.8, 4) is 11.3 Å². The lowest BCUT2D eigenvalue weighted by molar-refractivity contribution is 0.352. The van der Waals surface area contributed by atoms with Crippen LogP contribution in [0.3, 0.4) is 0 Å². The van der Waals surface area contributed by atoms with Crippen LogP contribution in [0.15, 0.2) is 46.3 Å². The summed E-state index contributed by atoms with van der Waals surface area (Å²) in [5.41, 5.74) is 4.93. The molecule has 0 spiro atoms. The molecule has 1 aliphatic rings. The highest BCUT2D eigenvalue weighted by Crippen LogP contribution is 2.28. The van der Waals surface area contributed by atoms with E-state index in [1.807, 2.05) is 25.1 Å². The molecule has 0 saturated heterocycles. The molecule has 1 fully saturated rings. The Kier molecular flexibility index (Phi) is 6.49. The van der Waals surface area contributed by atoms with Crippen molar-refractivity contribution in [2.24, 2.45) is 5.92 Å². The van der Waals surface area contributed by atoms with E-state index in [0.29, 0.717) is 16.8 Å². The molecule has 0 unspecified atom stereocenters. The van der Waals surface area contributed by atoms with Crippen LogP contribution in [0.4, 0.5) is 0 Å². The maximum atomic E-state index is 12.6. The average Bonchev–Trinajstić information content (AvgIpc) is 3.23. The number of rotatable bonds is 7. The molecule has 0 atom stereocenters. The van der Waals surface area contributed by atoms with Gasteiger partial charge in [-0.05, 0) is 30.4 Å². The minimum absolute atomic E-state index is 0.0165. The molecule has 0 radical (unpaired) electrons. The van der Waals surface area contributed by atoms with Crippen LogP contribution in [0.1, 0.15) is 56.0 Å². The number of aromatic amines is 2. The third kappa shape index (κ3) is 4.99. The molecule has 2 heterocycles. The van der Waals surface area contributed by atoms with Gasteiger partial charge in [0, 0.05) is 11.3 Å². The standard InChI is InChI=1S/C23H28N4OS/c1-2-19-21(13-16-9-5-3-6-10-16)24-23(25-22(19)28)29-15-18-14-20(27-26-18)17-11-7-4-8-12-17/h4,7-8,11-12,14,16H,2-3,5-6,9-10,13,15H2,1H3,(H,26,27)(H,24,25,28). The van der Waals surface area contributed by atoms with Crippen LogP contribution in [0.5, 0.6) is 0 Å². The first-order valence-electron chi connectivity index (χ1n) is 10.6. The minimum atomic E-state index is 0.0165. The second-order valence-corrected chi connectivity index (χ2v) is 8.75. The van der Waals surface area contributed by atoms with Crippen LogP contribution in [0, 0.1) is 5.92 Å². The lowest BCUT2D eigenvalue weighted by Gasteiger charge is -2.22. The number of nitrogens with zero attached hydrogens (tertiary/aromatic N) is 2. The predicted molar refractivity (Wildman–Crippen MR) is 118 cm³/mol. The van der Waals surface area contributed by atoms with E-state index in [4.69, 9.17) is 4.98 Å². The van der Waals surface area contributed by atoms with Crippen molar-refractivity contribution in [3.05, 3.63) is 63.7 Å². The van der Waals surface area contributed by atoms with Crippen molar-refractivity contribution in [2.75, 3.05) is 0 Å². The molecule has 3 aromatic rings. The van der Waals surface area contributed by atoms with E-state index in [1.165, 1.54) is 32.1 Å². The lowest BCUT2D eigenvalue weighted by atomic mass is 9.85. The molecule has 0 bridgehead atoms. The molecular weight excluding hydrogens is 380 g/mol.